The van der Waals surface area contributed by atoms with Crippen LogP contribution < -0.4 is 14.8 Å². The second kappa shape index (κ2) is 9.19. The van der Waals surface area contributed by atoms with Gasteiger partial charge in [0, 0.05) is 6.07 Å². The van der Waals surface area contributed by atoms with Crippen LogP contribution in [0.25, 0.3) is 0 Å². The fraction of sp³-hybridized carbons (Fsp3) is 0.467. The molecule has 122 valence electrons. The van der Waals surface area contributed by atoms with Crippen LogP contribution in [0, 0.1) is 0 Å². The van der Waals surface area contributed by atoms with Crippen LogP contribution in [0.3, 0.4) is 0 Å². The first-order valence-corrected chi connectivity index (χ1v) is 8.06. The largest absolute Gasteiger partial charge is 0.497 e. The number of carbonyl (C=O) groups excluding carboxylic acids is 2. The summed E-state index contributed by atoms with van der Waals surface area (Å²) >= 11 is 1.59. The number of benzene rings is 1. The molecule has 0 bridgehead atoms. The first kappa shape index (κ1) is 18.2. The third kappa shape index (κ3) is 4.84. The third-order valence-electron chi connectivity index (χ3n) is 3.05. The van der Waals surface area contributed by atoms with Crippen molar-refractivity contribution in [3.8, 4) is 11.5 Å². The van der Waals surface area contributed by atoms with E-state index in [-0.39, 0.29) is 0 Å². The number of thioether (sulfide) groups is 1. The lowest BCUT2D eigenvalue weighted by Crippen LogP contribution is -2.42. The van der Waals surface area contributed by atoms with E-state index >= 15 is 0 Å². The highest BCUT2D eigenvalue weighted by atomic mass is 32.2. The summed E-state index contributed by atoms with van der Waals surface area (Å²) in [5.74, 6) is 0.844. The van der Waals surface area contributed by atoms with E-state index in [1.807, 2.05) is 6.26 Å². The minimum absolute atomic E-state index is 0.335. The second-order valence-electron chi connectivity index (χ2n) is 4.40. The van der Waals surface area contributed by atoms with Crippen molar-refractivity contribution in [3.63, 3.8) is 0 Å². The van der Waals surface area contributed by atoms with Crippen LogP contribution in [0.4, 0.5) is 0 Å². The highest BCUT2D eigenvalue weighted by Gasteiger charge is 2.23. The Morgan fingerprint density at radius 1 is 1.23 bits per heavy atom. The zero-order valence-electron chi connectivity index (χ0n) is 13.2. The van der Waals surface area contributed by atoms with Crippen LogP contribution >= 0.6 is 11.8 Å². The van der Waals surface area contributed by atoms with E-state index in [0.717, 1.165) is 5.75 Å². The van der Waals surface area contributed by atoms with Crippen LogP contribution in [0.1, 0.15) is 16.8 Å². The number of nitrogens with one attached hydrogen (secondary N) is 1. The fourth-order valence-corrected chi connectivity index (χ4v) is 2.32. The van der Waals surface area contributed by atoms with Crippen LogP contribution in [0.5, 0.6) is 11.5 Å². The lowest BCUT2D eigenvalue weighted by Gasteiger charge is -2.17. The standard InChI is InChI=1S/C15H21NO5S/c1-19-10-5-6-11(13(9-10)20-2)14(17)16-12(7-8-22-4)15(18)21-3/h5-6,9,12H,7-8H2,1-4H3,(H,16,17). The van der Waals surface area contributed by atoms with Crippen molar-refractivity contribution in [1.29, 1.82) is 0 Å². The van der Waals surface area contributed by atoms with Gasteiger partial charge in [-0.15, -0.1) is 0 Å². The molecule has 0 heterocycles. The molecule has 0 fully saturated rings. The molecule has 1 aromatic carbocycles. The van der Waals surface area contributed by atoms with E-state index in [1.54, 1.807) is 30.0 Å². The van der Waals surface area contributed by atoms with Gasteiger partial charge in [0.05, 0.1) is 26.9 Å². The molecule has 0 aliphatic rings. The Morgan fingerprint density at radius 3 is 2.50 bits per heavy atom. The van der Waals surface area contributed by atoms with Gasteiger partial charge in [0.25, 0.3) is 5.91 Å². The quantitative estimate of drug-likeness (QED) is 0.733. The Labute approximate surface area is 134 Å². The van der Waals surface area contributed by atoms with Crippen molar-refractivity contribution in [3.05, 3.63) is 23.8 Å². The SMILES string of the molecule is COC(=O)C(CCSC)NC(=O)c1ccc(OC)cc1OC. The molecule has 0 saturated carbocycles. The molecule has 6 nitrogen and oxygen atoms in total. The van der Waals surface area contributed by atoms with Gasteiger partial charge in [-0.25, -0.2) is 4.79 Å². The molecule has 1 amide bonds. The summed E-state index contributed by atoms with van der Waals surface area (Å²) in [7, 11) is 4.30. The van der Waals surface area contributed by atoms with E-state index in [9.17, 15) is 9.59 Å². The van der Waals surface area contributed by atoms with Crippen molar-refractivity contribution in [2.45, 2.75) is 12.5 Å². The minimum Gasteiger partial charge on any atom is -0.497 e. The monoisotopic (exact) mass is 327 g/mol. The Bertz CT molecular complexity index is 521. The summed E-state index contributed by atoms with van der Waals surface area (Å²) in [5, 5.41) is 2.68. The number of esters is 1. The van der Waals surface area contributed by atoms with Crippen LogP contribution in [-0.2, 0) is 9.53 Å². The summed E-state index contributed by atoms with van der Waals surface area (Å²) in [6.07, 6.45) is 2.43. The molecule has 0 spiro atoms. The molecule has 1 rings (SSSR count). The van der Waals surface area contributed by atoms with Gasteiger partial charge in [-0.1, -0.05) is 0 Å². The maximum atomic E-state index is 12.4. The van der Waals surface area contributed by atoms with Crippen molar-refractivity contribution in [2.24, 2.45) is 0 Å². The summed E-state index contributed by atoms with van der Waals surface area (Å²) in [6.45, 7) is 0. The minimum atomic E-state index is -0.684. The Morgan fingerprint density at radius 2 is 1.95 bits per heavy atom. The summed E-state index contributed by atoms with van der Waals surface area (Å²) < 4.78 is 15.0. The first-order valence-electron chi connectivity index (χ1n) is 6.67. The number of hydrogen-bond acceptors (Lipinski definition) is 6. The van der Waals surface area contributed by atoms with Crippen LogP contribution in [-0.4, -0.2) is 51.3 Å². The van der Waals surface area contributed by atoms with Crippen molar-refractivity contribution < 1.29 is 23.8 Å². The summed E-state index contributed by atoms with van der Waals surface area (Å²) in [6, 6.07) is 4.18. The predicted octanol–water partition coefficient (Wildman–Crippen LogP) is 1.73. The van der Waals surface area contributed by atoms with Gasteiger partial charge >= 0.3 is 5.97 Å². The van der Waals surface area contributed by atoms with Crippen molar-refractivity contribution in [2.75, 3.05) is 33.3 Å². The van der Waals surface area contributed by atoms with Gasteiger partial charge in [0.1, 0.15) is 17.5 Å². The van der Waals surface area contributed by atoms with E-state index in [1.165, 1.54) is 21.3 Å². The van der Waals surface area contributed by atoms with Gasteiger partial charge in [0.2, 0.25) is 0 Å². The topological polar surface area (TPSA) is 73.9 Å². The van der Waals surface area contributed by atoms with Crippen LogP contribution in [0.15, 0.2) is 18.2 Å². The smallest absolute Gasteiger partial charge is 0.328 e. The Kier molecular flexibility index (Phi) is 7.59. The predicted molar refractivity (Wildman–Crippen MR) is 85.8 cm³/mol. The summed E-state index contributed by atoms with van der Waals surface area (Å²) in [4.78, 5) is 24.1. The zero-order chi connectivity index (χ0) is 16.5. The van der Waals surface area contributed by atoms with E-state index < -0.39 is 17.9 Å². The fourth-order valence-electron chi connectivity index (χ4n) is 1.85. The van der Waals surface area contributed by atoms with Crippen LogP contribution in [0.2, 0.25) is 0 Å². The molecule has 0 aromatic heterocycles. The molecule has 0 aliphatic heterocycles. The molecule has 1 unspecified atom stereocenters. The highest BCUT2D eigenvalue weighted by Crippen LogP contribution is 2.24. The van der Waals surface area contributed by atoms with Gasteiger partial charge in [-0.3, -0.25) is 4.79 Å². The molecule has 1 N–H and O–H groups in total. The lowest BCUT2D eigenvalue weighted by atomic mass is 10.1. The Balaban J connectivity index is 2.91. The molecule has 22 heavy (non-hydrogen) atoms. The molecule has 0 saturated heterocycles. The van der Waals surface area contributed by atoms with Crippen molar-refractivity contribution >= 4 is 23.6 Å². The number of amides is 1. The molecule has 1 atom stereocenters. The maximum absolute atomic E-state index is 12.4. The average Bonchev–Trinajstić information content (AvgIpc) is 2.56. The molecule has 0 radical (unpaired) electrons. The number of methoxy groups -OCH3 is 3. The molecular weight excluding hydrogens is 306 g/mol. The van der Waals surface area contributed by atoms with Gasteiger partial charge in [0.15, 0.2) is 0 Å². The second-order valence-corrected chi connectivity index (χ2v) is 5.38. The highest BCUT2D eigenvalue weighted by molar-refractivity contribution is 7.98. The number of hydrogen-bond donors (Lipinski definition) is 1. The van der Waals surface area contributed by atoms with E-state index in [2.05, 4.69) is 5.32 Å². The normalized spacial score (nSPS) is 11.5. The third-order valence-corrected chi connectivity index (χ3v) is 3.70. The maximum Gasteiger partial charge on any atom is 0.328 e. The Hall–Kier alpha value is -1.89. The lowest BCUT2D eigenvalue weighted by molar-refractivity contribution is -0.142. The zero-order valence-corrected chi connectivity index (χ0v) is 14.0. The number of carbonyl (C=O) groups is 2. The number of ether oxygens (including phenoxy) is 3. The molecule has 0 aliphatic carbocycles. The molecule has 1 aromatic rings. The van der Waals surface area contributed by atoms with Crippen molar-refractivity contribution in [1.82, 2.24) is 5.32 Å². The van der Waals surface area contributed by atoms with E-state index in [0.29, 0.717) is 23.5 Å². The van der Waals surface area contributed by atoms with Gasteiger partial charge < -0.3 is 19.5 Å². The number of rotatable bonds is 8. The average molecular weight is 327 g/mol. The van der Waals surface area contributed by atoms with E-state index in [4.69, 9.17) is 14.2 Å². The van der Waals surface area contributed by atoms with Gasteiger partial charge in [-0.2, -0.15) is 11.8 Å². The summed E-state index contributed by atoms with van der Waals surface area (Å²) in [5.41, 5.74) is 0.335. The molecular formula is C15H21NO5S. The first-order chi connectivity index (χ1) is 10.6. The van der Waals surface area contributed by atoms with Gasteiger partial charge in [-0.05, 0) is 30.6 Å². The molecule has 7 heteroatoms.